The largest absolute Gasteiger partial charge is 0.484 e. The van der Waals surface area contributed by atoms with Crippen LogP contribution < -0.4 is 10.1 Å². The van der Waals surface area contributed by atoms with E-state index in [1.807, 2.05) is 26.8 Å². The van der Waals surface area contributed by atoms with Crippen molar-refractivity contribution < 1.29 is 13.9 Å². The summed E-state index contributed by atoms with van der Waals surface area (Å²) in [5.74, 6) is -0.0510. The Balaban J connectivity index is 1.95. The van der Waals surface area contributed by atoms with Crippen molar-refractivity contribution in [3.8, 4) is 5.75 Å². The number of benzene rings is 2. The molecule has 1 amide bonds. The van der Waals surface area contributed by atoms with Crippen LogP contribution in [0.3, 0.4) is 0 Å². The molecule has 0 saturated heterocycles. The average Bonchev–Trinajstić information content (AvgIpc) is 2.52. The zero-order valence-corrected chi connectivity index (χ0v) is 13.7. The van der Waals surface area contributed by atoms with E-state index >= 15 is 0 Å². The maximum Gasteiger partial charge on any atom is 0.258 e. The van der Waals surface area contributed by atoms with Crippen LogP contribution in [0.15, 0.2) is 42.5 Å². The lowest BCUT2D eigenvalue weighted by Gasteiger charge is -2.20. The van der Waals surface area contributed by atoms with Crippen molar-refractivity contribution in [3.63, 3.8) is 0 Å². The van der Waals surface area contributed by atoms with Gasteiger partial charge in [-0.2, -0.15) is 0 Å². The number of carbonyl (C=O) groups excluding carboxylic acids is 1. The molecule has 2 aromatic rings. The number of aryl methyl sites for hydroxylation is 2. The highest BCUT2D eigenvalue weighted by molar-refractivity contribution is 5.78. The Morgan fingerprint density at radius 2 is 1.87 bits per heavy atom. The van der Waals surface area contributed by atoms with E-state index in [0.29, 0.717) is 5.75 Å². The van der Waals surface area contributed by atoms with Gasteiger partial charge in [-0.1, -0.05) is 30.7 Å². The Morgan fingerprint density at radius 1 is 1.17 bits per heavy atom. The molecule has 0 radical (unpaired) electrons. The highest BCUT2D eigenvalue weighted by atomic mass is 19.1. The Kier molecular flexibility index (Phi) is 5.74. The highest BCUT2D eigenvalue weighted by Crippen LogP contribution is 2.21. The van der Waals surface area contributed by atoms with E-state index in [9.17, 15) is 9.18 Å². The second-order valence-corrected chi connectivity index (χ2v) is 5.63. The Labute approximate surface area is 136 Å². The minimum atomic E-state index is -0.331. The standard InChI is InChI=1S/C19H22FNO2/c1-4-18(17-10-5-13(2)11-14(17)3)21-19(22)12-23-16-8-6-15(20)7-9-16/h5-11,18H,4,12H2,1-3H3,(H,21,22)/t18-/m1/s1. The van der Waals surface area contributed by atoms with Crippen molar-refractivity contribution in [1.29, 1.82) is 0 Å². The van der Waals surface area contributed by atoms with Crippen molar-refractivity contribution in [2.45, 2.75) is 33.2 Å². The molecular weight excluding hydrogens is 293 g/mol. The SMILES string of the molecule is CC[C@@H](NC(=O)COc1ccc(F)cc1)c1ccc(C)cc1C. The number of ether oxygens (including phenoxy) is 1. The lowest BCUT2D eigenvalue weighted by Crippen LogP contribution is -2.32. The molecule has 2 rings (SSSR count). The van der Waals surface area contributed by atoms with Gasteiger partial charge in [0.05, 0.1) is 6.04 Å². The van der Waals surface area contributed by atoms with Gasteiger partial charge in [-0.15, -0.1) is 0 Å². The van der Waals surface area contributed by atoms with Gasteiger partial charge in [-0.05, 0) is 55.7 Å². The quantitative estimate of drug-likeness (QED) is 0.872. The van der Waals surface area contributed by atoms with Gasteiger partial charge in [0.2, 0.25) is 0 Å². The van der Waals surface area contributed by atoms with Crippen LogP contribution in [0, 0.1) is 19.7 Å². The van der Waals surface area contributed by atoms with Gasteiger partial charge in [0.1, 0.15) is 11.6 Å². The third kappa shape index (κ3) is 4.81. The molecule has 4 heteroatoms. The molecule has 0 saturated carbocycles. The fourth-order valence-corrected chi connectivity index (χ4v) is 2.53. The summed E-state index contributed by atoms with van der Waals surface area (Å²) in [5.41, 5.74) is 3.48. The zero-order valence-electron chi connectivity index (χ0n) is 13.7. The highest BCUT2D eigenvalue weighted by Gasteiger charge is 2.15. The number of halogens is 1. The minimum absolute atomic E-state index is 0.0417. The molecule has 2 aromatic carbocycles. The molecule has 122 valence electrons. The van der Waals surface area contributed by atoms with Gasteiger partial charge in [-0.3, -0.25) is 4.79 Å². The van der Waals surface area contributed by atoms with E-state index in [4.69, 9.17) is 4.74 Å². The molecule has 0 heterocycles. The summed E-state index contributed by atoms with van der Waals surface area (Å²) in [6.45, 7) is 6.04. The van der Waals surface area contributed by atoms with E-state index in [1.54, 1.807) is 0 Å². The number of rotatable bonds is 6. The van der Waals surface area contributed by atoms with Crippen molar-refractivity contribution in [2.75, 3.05) is 6.61 Å². The smallest absolute Gasteiger partial charge is 0.258 e. The van der Waals surface area contributed by atoms with Gasteiger partial charge in [0.15, 0.2) is 6.61 Å². The van der Waals surface area contributed by atoms with Crippen molar-refractivity contribution in [3.05, 3.63) is 65.0 Å². The molecule has 0 aliphatic heterocycles. The first-order valence-electron chi connectivity index (χ1n) is 7.74. The first kappa shape index (κ1) is 17.0. The molecule has 23 heavy (non-hydrogen) atoms. The average molecular weight is 315 g/mol. The Bertz CT molecular complexity index is 668. The van der Waals surface area contributed by atoms with Gasteiger partial charge in [0.25, 0.3) is 5.91 Å². The van der Waals surface area contributed by atoms with Crippen molar-refractivity contribution >= 4 is 5.91 Å². The van der Waals surface area contributed by atoms with Crippen LogP contribution in [0.5, 0.6) is 5.75 Å². The number of carbonyl (C=O) groups is 1. The molecule has 0 fully saturated rings. The summed E-state index contributed by atoms with van der Waals surface area (Å²) in [4.78, 5) is 12.1. The summed E-state index contributed by atoms with van der Waals surface area (Å²) in [7, 11) is 0. The molecule has 0 bridgehead atoms. The third-order valence-corrected chi connectivity index (χ3v) is 3.73. The van der Waals surface area contributed by atoms with E-state index < -0.39 is 0 Å². The summed E-state index contributed by atoms with van der Waals surface area (Å²) in [6.07, 6.45) is 0.798. The van der Waals surface area contributed by atoms with Gasteiger partial charge < -0.3 is 10.1 Å². The molecule has 0 unspecified atom stereocenters. The van der Waals surface area contributed by atoms with Crippen LogP contribution in [0.25, 0.3) is 0 Å². The molecule has 0 aliphatic rings. The number of hydrogen-bond donors (Lipinski definition) is 1. The second kappa shape index (κ2) is 7.77. The van der Waals surface area contributed by atoms with Crippen molar-refractivity contribution in [2.24, 2.45) is 0 Å². The summed E-state index contributed by atoms with van der Waals surface area (Å²) >= 11 is 0. The van der Waals surface area contributed by atoms with Crippen molar-refractivity contribution in [1.82, 2.24) is 5.32 Å². The minimum Gasteiger partial charge on any atom is -0.484 e. The van der Waals surface area contributed by atoms with Gasteiger partial charge >= 0.3 is 0 Å². The second-order valence-electron chi connectivity index (χ2n) is 5.63. The lowest BCUT2D eigenvalue weighted by molar-refractivity contribution is -0.123. The van der Waals surface area contributed by atoms with E-state index in [-0.39, 0.29) is 24.4 Å². The topological polar surface area (TPSA) is 38.3 Å². The van der Waals surface area contributed by atoms with Crippen LogP contribution in [0.2, 0.25) is 0 Å². The normalized spacial score (nSPS) is 11.8. The zero-order chi connectivity index (χ0) is 16.8. The number of hydrogen-bond acceptors (Lipinski definition) is 2. The van der Waals surface area contributed by atoms with Crippen LogP contribution in [-0.2, 0) is 4.79 Å². The first-order valence-corrected chi connectivity index (χ1v) is 7.74. The maximum atomic E-state index is 12.8. The number of amides is 1. The summed E-state index contributed by atoms with van der Waals surface area (Å²) in [6, 6.07) is 11.8. The third-order valence-electron chi connectivity index (χ3n) is 3.73. The monoisotopic (exact) mass is 315 g/mol. The van der Waals surface area contributed by atoms with Crippen LogP contribution >= 0.6 is 0 Å². The van der Waals surface area contributed by atoms with Crippen LogP contribution in [0.4, 0.5) is 4.39 Å². The molecule has 1 N–H and O–H groups in total. The fraction of sp³-hybridized carbons (Fsp3) is 0.316. The fourth-order valence-electron chi connectivity index (χ4n) is 2.53. The molecule has 1 atom stereocenters. The first-order chi connectivity index (χ1) is 11.0. The Morgan fingerprint density at radius 3 is 2.48 bits per heavy atom. The van der Waals surface area contributed by atoms with Crippen LogP contribution in [-0.4, -0.2) is 12.5 Å². The predicted molar refractivity (Wildman–Crippen MR) is 89.0 cm³/mol. The van der Waals surface area contributed by atoms with E-state index in [2.05, 4.69) is 17.4 Å². The predicted octanol–water partition coefficient (Wildman–Crippen LogP) is 4.09. The number of nitrogens with one attached hydrogen (secondary N) is 1. The Hall–Kier alpha value is -2.36. The van der Waals surface area contributed by atoms with Crippen LogP contribution in [0.1, 0.15) is 36.1 Å². The summed E-state index contributed by atoms with van der Waals surface area (Å²) < 4.78 is 18.2. The lowest BCUT2D eigenvalue weighted by atomic mass is 9.97. The molecule has 0 spiro atoms. The molecule has 0 aliphatic carbocycles. The summed E-state index contributed by atoms with van der Waals surface area (Å²) in [5, 5.41) is 2.99. The van der Waals surface area contributed by atoms with Gasteiger partial charge in [-0.25, -0.2) is 4.39 Å². The van der Waals surface area contributed by atoms with E-state index in [1.165, 1.54) is 29.8 Å². The maximum absolute atomic E-state index is 12.8. The molecule has 3 nitrogen and oxygen atoms in total. The van der Waals surface area contributed by atoms with Gasteiger partial charge in [0, 0.05) is 0 Å². The molecular formula is C19H22FNO2. The van der Waals surface area contributed by atoms with E-state index in [0.717, 1.165) is 17.5 Å². The molecule has 0 aromatic heterocycles.